The van der Waals surface area contributed by atoms with Crippen molar-refractivity contribution in [3.63, 3.8) is 0 Å². The fourth-order valence-corrected chi connectivity index (χ4v) is 4.50. The Bertz CT molecular complexity index is 1240. The molecule has 8 heteroatoms. The van der Waals surface area contributed by atoms with Gasteiger partial charge in [-0.3, -0.25) is 9.79 Å². The number of hydrogen-bond acceptors (Lipinski definition) is 7. The molecule has 3 N–H and O–H groups in total. The van der Waals surface area contributed by atoms with Crippen LogP contribution in [0.4, 0.5) is 5.82 Å². The smallest absolute Gasteiger partial charge is 0.243 e. The first-order chi connectivity index (χ1) is 19.3. The number of likely N-dealkylation sites (N-methyl/N-ethyl adjacent to an activating group) is 1. The molecule has 0 radical (unpaired) electrons. The summed E-state index contributed by atoms with van der Waals surface area (Å²) in [5.74, 6) is 2.87. The first-order valence-electron chi connectivity index (χ1n) is 13.8. The number of nitrogens with zero attached hydrogens (tertiary/aromatic N) is 4. The van der Waals surface area contributed by atoms with Crippen LogP contribution in [-0.2, 0) is 4.79 Å². The van der Waals surface area contributed by atoms with Gasteiger partial charge in [0.05, 0.1) is 17.0 Å². The minimum atomic E-state index is 0.0569. The van der Waals surface area contributed by atoms with Gasteiger partial charge in [0.2, 0.25) is 5.91 Å². The molecule has 0 bridgehead atoms. The highest BCUT2D eigenvalue weighted by Crippen LogP contribution is 2.24. The molecule has 1 amide bonds. The fraction of sp³-hybridized carbons (Fsp3) is 0.375. The SMILES string of the molecule is CC1CCC(NC(=O)/C=C/CN(C)C)CC1.CN=C(c1ccc(Oc2ccccc2)cc1)c1c(C)ncnc1N. The number of carbonyl (C=O) groups excluding carboxylic acids is 1. The van der Waals surface area contributed by atoms with Gasteiger partial charge in [-0.05, 0) is 89.0 Å². The maximum absolute atomic E-state index is 11.6. The van der Waals surface area contributed by atoms with Crippen molar-refractivity contribution >= 4 is 17.4 Å². The van der Waals surface area contributed by atoms with Crippen LogP contribution in [-0.4, -0.2) is 60.2 Å². The molecule has 0 spiro atoms. The van der Waals surface area contributed by atoms with Crippen molar-refractivity contribution in [1.29, 1.82) is 0 Å². The molecule has 1 heterocycles. The molecule has 212 valence electrons. The quantitative estimate of drug-likeness (QED) is 0.291. The van der Waals surface area contributed by atoms with Gasteiger partial charge in [-0.15, -0.1) is 0 Å². The topological polar surface area (TPSA) is 106 Å². The third kappa shape index (κ3) is 9.61. The number of aryl methyl sites for hydroxylation is 1. The summed E-state index contributed by atoms with van der Waals surface area (Å²) in [6, 6.07) is 17.8. The molecule has 3 aromatic rings. The van der Waals surface area contributed by atoms with E-state index in [2.05, 4.69) is 27.2 Å². The number of aliphatic imine (C=N–C) groups is 1. The van der Waals surface area contributed by atoms with Crippen LogP contribution in [0.25, 0.3) is 0 Å². The van der Waals surface area contributed by atoms with Crippen molar-refractivity contribution in [2.45, 2.75) is 45.6 Å². The lowest BCUT2D eigenvalue weighted by Gasteiger charge is -2.26. The van der Waals surface area contributed by atoms with Crippen molar-refractivity contribution in [2.24, 2.45) is 10.9 Å². The Morgan fingerprint density at radius 1 is 1.05 bits per heavy atom. The summed E-state index contributed by atoms with van der Waals surface area (Å²) in [5, 5.41) is 3.07. The number of carbonyl (C=O) groups is 1. The Balaban J connectivity index is 0.000000241. The molecular formula is C32H42N6O2. The fourth-order valence-electron chi connectivity index (χ4n) is 4.50. The van der Waals surface area contributed by atoms with E-state index in [1.165, 1.54) is 19.2 Å². The van der Waals surface area contributed by atoms with Crippen molar-refractivity contribution in [3.05, 3.63) is 89.9 Å². The van der Waals surface area contributed by atoms with Crippen molar-refractivity contribution in [2.75, 3.05) is 33.4 Å². The lowest BCUT2D eigenvalue weighted by molar-refractivity contribution is -0.117. The number of aromatic nitrogens is 2. The summed E-state index contributed by atoms with van der Waals surface area (Å²) in [6.07, 6.45) is 9.76. The van der Waals surface area contributed by atoms with Gasteiger partial charge in [0, 0.05) is 31.3 Å². The van der Waals surface area contributed by atoms with Gasteiger partial charge in [0.15, 0.2) is 0 Å². The van der Waals surface area contributed by atoms with E-state index in [0.29, 0.717) is 11.9 Å². The Labute approximate surface area is 238 Å². The molecule has 4 rings (SSSR count). The predicted molar refractivity (Wildman–Crippen MR) is 163 cm³/mol. The van der Waals surface area contributed by atoms with Crippen LogP contribution in [0.15, 0.2) is 78.1 Å². The first-order valence-corrected chi connectivity index (χ1v) is 13.8. The van der Waals surface area contributed by atoms with E-state index in [1.54, 1.807) is 13.1 Å². The number of para-hydroxylation sites is 1. The van der Waals surface area contributed by atoms with Crippen LogP contribution in [0.2, 0.25) is 0 Å². The van der Waals surface area contributed by atoms with Crippen LogP contribution < -0.4 is 15.8 Å². The van der Waals surface area contributed by atoms with E-state index >= 15 is 0 Å². The molecule has 1 aromatic heterocycles. The number of anilines is 1. The summed E-state index contributed by atoms with van der Waals surface area (Å²) < 4.78 is 5.81. The van der Waals surface area contributed by atoms with E-state index in [0.717, 1.165) is 59.3 Å². The standard InChI is InChI=1S/C19H18N4O.C13H24N2O/c1-13-17(19(20)23-12-22-13)18(21-2)14-8-10-16(11-9-14)24-15-6-4-3-5-7-15;1-11-6-8-12(9-7-11)14-13(16)5-4-10-15(2)3/h3-12H,1-2H3,(H2,20,22,23);4-5,11-12H,6-10H2,1-3H3,(H,14,16)/b;5-4+. The minimum Gasteiger partial charge on any atom is -0.457 e. The van der Waals surface area contributed by atoms with E-state index in [1.807, 2.05) is 86.6 Å². The van der Waals surface area contributed by atoms with Gasteiger partial charge in [-0.1, -0.05) is 31.2 Å². The highest BCUT2D eigenvalue weighted by molar-refractivity contribution is 6.15. The molecule has 40 heavy (non-hydrogen) atoms. The molecule has 1 aliphatic carbocycles. The normalized spacial score (nSPS) is 17.3. The lowest BCUT2D eigenvalue weighted by atomic mass is 9.87. The van der Waals surface area contributed by atoms with Gasteiger partial charge >= 0.3 is 0 Å². The average molecular weight is 543 g/mol. The third-order valence-electron chi connectivity index (χ3n) is 6.74. The zero-order valence-corrected chi connectivity index (χ0v) is 24.3. The second-order valence-electron chi connectivity index (χ2n) is 10.4. The Morgan fingerprint density at radius 2 is 1.70 bits per heavy atom. The third-order valence-corrected chi connectivity index (χ3v) is 6.74. The second kappa shape index (κ2) is 15.5. The zero-order valence-electron chi connectivity index (χ0n) is 24.3. The maximum atomic E-state index is 11.6. The molecule has 0 aliphatic heterocycles. The number of hydrogen-bond donors (Lipinski definition) is 2. The second-order valence-corrected chi connectivity index (χ2v) is 10.4. The molecule has 2 aromatic carbocycles. The highest BCUT2D eigenvalue weighted by Gasteiger charge is 2.18. The molecule has 1 saturated carbocycles. The number of nitrogens with one attached hydrogen (secondary N) is 1. The number of benzene rings is 2. The maximum Gasteiger partial charge on any atom is 0.243 e. The molecule has 0 saturated heterocycles. The number of ether oxygens (including phenoxy) is 1. The van der Waals surface area contributed by atoms with Gasteiger partial charge in [0.1, 0.15) is 23.6 Å². The monoisotopic (exact) mass is 542 g/mol. The minimum absolute atomic E-state index is 0.0569. The van der Waals surface area contributed by atoms with Crippen molar-refractivity contribution in [1.82, 2.24) is 20.2 Å². The molecule has 1 fully saturated rings. The van der Waals surface area contributed by atoms with E-state index < -0.39 is 0 Å². The van der Waals surface area contributed by atoms with E-state index in [9.17, 15) is 4.79 Å². The lowest BCUT2D eigenvalue weighted by Crippen LogP contribution is -2.36. The molecule has 1 aliphatic rings. The molecular weight excluding hydrogens is 500 g/mol. The predicted octanol–water partition coefficient (Wildman–Crippen LogP) is 5.43. The summed E-state index contributed by atoms with van der Waals surface area (Å²) in [7, 11) is 5.71. The Kier molecular flexibility index (Phi) is 11.8. The average Bonchev–Trinajstić information content (AvgIpc) is 2.93. The Hall–Kier alpha value is -4.04. The van der Waals surface area contributed by atoms with E-state index in [4.69, 9.17) is 10.5 Å². The highest BCUT2D eigenvalue weighted by atomic mass is 16.5. The van der Waals surface area contributed by atoms with Crippen molar-refractivity contribution < 1.29 is 9.53 Å². The van der Waals surface area contributed by atoms with Crippen LogP contribution in [0.1, 0.15) is 49.4 Å². The van der Waals surface area contributed by atoms with Crippen LogP contribution in [0.3, 0.4) is 0 Å². The van der Waals surface area contributed by atoms with Gasteiger partial charge in [-0.2, -0.15) is 0 Å². The number of nitrogens with two attached hydrogens (primary N) is 1. The zero-order chi connectivity index (χ0) is 28.9. The Morgan fingerprint density at radius 3 is 2.30 bits per heavy atom. The summed E-state index contributed by atoms with van der Waals surface area (Å²) in [6.45, 7) is 5.00. The van der Waals surface area contributed by atoms with Gasteiger partial charge < -0.3 is 20.7 Å². The molecule has 0 unspecified atom stereocenters. The van der Waals surface area contributed by atoms with E-state index in [-0.39, 0.29) is 5.91 Å². The van der Waals surface area contributed by atoms with Crippen LogP contribution in [0.5, 0.6) is 11.5 Å². The van der Waals surface area contributed by atoms with Gasteiger partial charge in [-0.25, -0.2) is 9.97 Å². The van der Waals surface area contributed by atoms with Crippen LogP contribution in [0, 0.1) is 12.8 Å². The molecule has 8 nitrogen and oxygen atoms in total. The van der Waals surface area contributed by atoms with Crippen LogP contribution >= 0.6 is 0 Å². The summed E-state index contributed by atoms with van der Waals surface area (Å²) in [5.41, 5.74) is 9.26. The largest absolute Gasteiger partial charge is 0.457 e. The van der Waals surface area contributed by atoms with Gasteiger partial charge in [0.25, 0.3) is 0 Å². The number of amides is 1. The summed E-state index contributed by atoms with van der Waals surface area (Å²) in [4.78, 5) is 26.3. The number of nitrogen functional groups attached to an aromatic ring is 1. The molecule has 0 atom stereocenters. The van der Waals surface area contributed by atoms with Crippen molar-refractivity contribution in [3.8, 4) is 11.5 Å². The number of rotatable bonds is 8. The summed E-state index contributed by atoms with van der Waals surface area (Å²) >= 11 is 0. The first kappa shape index (κ1) is 30.5.